The maximum absolute atomic E-state index is 12.5. The Kier molecular flexibility index (Phi) is 5.07. The first kappa shape index (κ1) is 18.4. The van der Waals surface area contributed by atoms with Gasteiger partial charge in [0.1, 0.15) is 5.75 Å². The van der Waals surface area contributed by atoms with Crippen molar-refractivity contribution >= 4 is 23.2 Å². The second-order valence-corrected chi connectivity index (χ2v) is 6.28. The number of carbonyl (C=O) groups is 2. The summed E-state index contributed by atoms with van der Waals surface area (Å²) < 4.78 is 5.11. The third kappa shape index (κ3) is 3.74. The number of methoxy groups -OCH3 is 1. The zero-order valence-corrected chi connectivity index (χ0v) is 15.0. The fourth-order valence-corrected chi connectivity index (χ4v) is 3.15. The predicted octanol–water partition coefficient (Wildman–Crippen LogP) is 2.45. The smallest absolute Gasteiger partial charge is 0.273 e. The Morgan fingerprint density at radius 2 is 1.96 bits per heavy atom. The highest BCUT2D eigenvalue weighted by atomic mass is 16.6. The van der Waals surface area contributed by atoms with Gasteiger partial charge in [0.15, 0.2) is 0 Å². The molecule has 1 aliphatic rings. The molecule has 140 valence electrons. The van der Waals surface area contributed by atoms with Gasteiger partial charge in [0, 0.05) is 35.8 Å². The molecule has 8 heteroatoms. The molecule has 0 aliphatic carbocycles. The molecule has 0 unspecified atom stereocenters. The second kappa shape index (κ2) is 7.45. The van der Waals surface area contributed by atoms with Gasteiger partial charge in [0.05, 0.1) is 18.1 Å². The third-order valence-electron chi connectivity index (χ3n) is 4.59. The zero-order valence-electron chi connectivity index (χ0n) is 15.0. The highest BCUT2D eigenvalue weighted by Gasteiger charge is 2.32. The van der Waals surface area contributed by atoms with Crippen LogP contribution >= 0.6 is 0 Å². The molecule has 27 heavy (non-hydrogen) atoms. The lowest BCUT2D eigenvalue weighted by molar-refractivity contribution is -0.385. The molecule has 8 nitrogen and oxygen atoms in total. The number of anilines is 1. The van der Waals surface area contributed by atoms with E-state index in [2.05, 4.69) is 5.32 Å². The SMILES string of the molecule is COc1ccc(N2C[C@H](NC(=O)c3cccc([N+](=O)[O-])c3C)CC2=O)cc1. The first-order valence-electron chi connectivity index (χ1n) is 8.40. The summed E-state index contributed by atoms with van der Waals surface area (Å²) >= 11 is 0. The lowest BCUT2D eigenvalue weighted by atomic mass is 10.1. The van der Waals surface area contributed by atoms with Crippen LogP contribution in [0.3, 0.4) is 0 Å². The van der Waals surface area contributed by atoms with Crippen LogP contribution in [0.2, 0.25) is 0 Å². The number of nitro benzene ring substituents is 1. The van der Waals surface area contributed by atoms with E-state index in [-0.39, 0.29) is 29.6 Å². The van der Waals surface area contributed by atoms with Crippen LogP contribution in [0.25, 0.3) is 0 Å². The van der Waals surface area contributed by atoms with E-state index in [1.54, 1.807) is 36.3 Å². The first-order valence-corrected chi connectivity index (χ1v) is 8.40. The normalized spacial score (nSPS) is 16.3. The Morgan fingerprint density at radius 3 is 2.59 bits per heavy atom. The molecule has 1 N–H and O–H groups in total. The summed E-state index contributed by atoms with van der Waals surface area (Å²) in [6.45, 7) is 1.88. The Balaban J connectivity index is 1.72. The molecule has 1 heterocycles. The van der Waals surface area contributed by atoms with E-state index >= 15 is 0 Å². The summed E-state index contributed by atoms with van der Waals surface area (Å²) in [6, 6.07) is 11.1. The quantitative estimate of drug-likeness (QED) is 0.644. The maximum Gasteiger partial charge on any atom is 0.273 e. The van der Waals surface area contributed by atoms with Gasteiger partial charge in [-0.1, -0.05) is 6.07 Å². The molecule has 2 amide bonds. The van der Waals surface area contributed by atoms with Crippen LogP contribution in [-0.4, -0.2) is 36.4 Å². The van der Waals surface area contributed by atoms with E-state index in [1.807, 2.05) is 0 Å². The minimum atomic E-state index is -0.517. The summed E-state index contributed by atoms with van der Waals surface area (Å²) in [4.78, 5) is 37.0. The lowest BCUT2D eigenvalue weighted by Gasteiger charge is -2.18. The zero-order chi connectivity index (χ0) is 19.6. The van der Waals surface area contributed by atoms with E-state index in [0.717, 1.165) is 5.69 Å². The Labute approximate surface area is 155 Å². The summed E-state index contributed by atoms with van der Waals surface area (Å²) in [5, 5.41) is 13.8. The third-order valence-corrected chi connectivity index (χ3v) is 4.59. The van der Waals surface area contributed by atoms with Gasteiger partial charge in [-0.25, -0.2) is 0 Å². The van der Waals surface area contributed by atoms with Crippen molar-refractivity contribution in [3.63, 3.8) is 0 Å². The van der Waals surface area contributed by atoms with Crippen molar-refractivity contribution in [1.29, 1.82) is 0 Å². The fraction of sp³-hybridized carbons (Fsp3) is 0.263. The fourth-order valence-electron chi connectivity index (χ4n) is 3.15. The van der Waals surface area contributed by atoms with Crippen molar-refractivity contribution in [3.05, 3.63) is 63.7 Å². The molecule has 0 spiro atoms. The van der Waals surface area contributed by atoms with Crippen LogP contribution in [-0.2, 0) is 4.79 Å². The highest BCUT2D eigenvalue weighted by molar-refractivity contribution is 6.00. The highest BCUT2D eigenvalue weighted by Crippen LogP contribution is 2.25. The molecule has 3 rings (SSSR count). The van der Waals surface area contributed by atoms with E-state index in [0.29, 0.717) is 17.9 Å². The van der Waals surface area contributed by atoms with Gasteiger partial charge >= 0.3 is 0 Å². The number of ether oxygens (including phenoxy) is 1. The van der Waals surface area contributed by atoms with Gasteiger partial charge < -0.3 is 15.0 Å². The van der Waals surface area contributed by atoms with Crippen LogP contribution in [0.5, 0.6) is 5.75 Å². The Hall–Kier alpha value is -3.42. The van der Waals surface area contributed by atoms with Crippen LogP contribution in [0.15, 0.2) is 42.5 Å². The standard InChI is InChI=1S/C19H19N3O5/c1-12-16(4-3-5-17(12)22(25)26)19(24)20-13-10-18(23)21(11-13)14-6-8-15(27-2)9-7-14/h3-9,13H,10-11H2,1-2H3,(H,20,24)/t13-/m1/s1. The molecular formula is C19H19N3O5. The number of nitrogens with one attached hydrogen (secondary N) is 1. The number of hydrogen-bond acceptors (Lipinski definition) is 5. The molecule has 0 radical (unpaired) electrons. The van der Waals surface area contributed by atoms with Crippen LogP contribution < -0.4 is 15.0 Å². The van der Waals surface area contributed by atoms with Gasteiger partial charge in [0.2, 0.25) is 5.91 Å². The Bertz CT molecular complexity index is 895. The van der Waals surface area contributed by atoms with E-state index < -0.39 is 10.8 Å². The van der Waals surface area contributed by atoms with E-state index in [9.17, 15) is 19.7 Å². The first-order chi connectivity index (χ1) is 12.9. The van der Waals surface area contributed by atoms with Crippen LogP contribution in [0.4, 0.5) is 11.4 Å². The average Bonchev–Trinajstić information content (AvgIpc) is 3.01. The summed E-state index contributed by atoms with van der Waals surface area (Å²) in [6.07, 6.45) is 0.172. The molecule has 0 bridgehead atoms. The van der Waals surface area contributed by atoms with Crippen molar-refractivity contribution in [1.82, 2.24) is 5.32 Å². The molecule has 1 aliphatic heterocycles. The van der Waals surface area contributed by atoms with Gasteiger partial charge in [-0.2, -0.15) is 0 Å². The Morgan fingerprint density at radius 1 is 1.26 bits per heavy atom. The van der Waals surface area contributed by atoms with E-state index in [1.165, 1.54) is 25.1 Å². The summed E-state index contributed by atoms with van der Waals surface area (Å²) in [5.74, 6) is 0.170. The molecular weight excluding hydrogens is 350 g/mol. The number of carbonyl (C=O) groups excluding carboxylic acids is 2. The van der Waals surface area contributed by atoms with Crippen molar-refractivity contribution < 1.29 is 19.2 Å². The van der Waals surface area contributed by atoms with Gasteiger partial charge in [-0.15, -0.1) is 0 Å². The number of hydrogen-bond donors (Lipinski definition) is 1. The minimum absolute atomic E-state index is 0.0961. The monoisotopic (exact) mass is 369 g/mol. The number of rotatable bonds is 5. The molecule has 1 fully saturated rings. The molecule has 0 saturated carbocycles. The van der Waals surface area contributed by atoms with Crippen molar-refractivity contribution in [3.8, 4) is 5.75 Å². The molecule has 2 aromatic carbocycles. The molecule has 2 aromatic rings. The summed E-state index contributed by atoms with van der Waals surface area (Å²) in [7, 11) is 1.57. The number of nitro groups is 1. The van der Waals surface area contributed by atoms with Crippen LogP contribution in [0, 0.1) is 17.0 Å². The lowest BCUT2D eigenvalue weighted by Crippen LogP contribution is -2.37. The largest absolute Gasteiger partial charge is 0.497 e. The molecule has 1 atom stereocenters. The second-order valence-electron chi connectivity index (χ2n) is 6.28. The van der Waals surface area contributed by atoms with Crippen molar-refractivity contribution in [2.75, 3.05) is 18.6 Å². The number of amides is 2. The van der Waals surface area contributed by atoms with E-state index in [4.69, 9.17) is 4.74 Å². The van der Waals surface area contributed by atoms with Gasteiger partial charge in [-0.3, -0.25) is 19.7 Å². The van der Waals surface area contributed by atoms with Crippen molar-refractivity contribution in [2.45, 2.75) is 19.4 Å². The molecule has 0 aromatic heterocycles. The predicted molar refractivity (Wildman–Crippen MR) is 99.1 cm³/mol. The van der Waals surface area contributed by atoms with Crippen molar-refractivity contribution in [2.24, 2.45) is 0 Å². The van der Waals surface area contributed by atoms with Gasteiger partial charge in [-0.05, 0) is 37.3 Å². The van der Waals surface area contributed by atoms with Crippen LogP contribution in [0.1, 0.15) is 22.3 Å². The molecule has 1 saturated heterocycles. The number of nitrogens with zero attached hydrogens (tertiary/aromatic N) is 2. The maximum atomic E-state index is 12.5. The number of benzene rings is 2. The van der Waals surface area contributed by atoms with Gasteiger partial charge in [0.25, 0.3) is 11.6 Å². The average molecular weight is 369 g/mol. The topological polar surface area (TPSA) is 102 Å². The summed E-state index contributed by atoms with van der Waals surface area (Å²) in [5.41, 5.74) is 1.16. The minimum Gasteiger partial charge on any atom is -0.497 e.